The van der Waals surface area contributed by atoms with Crippen molar-refractivity contribution in [2.75, 3.05) is 0 Å². The summed E-state index contributed by atoms with van der Waals surface area (Å²) in [6.07, 6.45) is -0.128. The van der Waals surface area contributed by atoms with Gasteiger partial charge in [-0.05, 0) is 58.0 Å². The molecule has 3 heterocycles. The third kappa shape index (κ3) is 3.39. The Morgan fingerprint density at radius 1 is 1.34 bits per heavy atom. The normalized spacial score (nSPS) is 28.8. The maximum atomic E-state index is 13.2. The maximum Gasteiger partial charge on any atom is 0.337 e. The molecule has 1 N–H and O–H groups in total. The molecule has 1 amide bonds. The van der Waals surface area contributed by atoms with Gasteiger partial charge in [-0.2, -0.15) is 0 Å². The Hall–Kier alpha value is -2.16. The second-order valence-electron chi connectivity index (χ2n) is 8.58. The van der Waals surface area contributed by atoms with Crippen LogP contribution in [0.3, 0.4) is 0 Å². The van der Waals surface area contributed by atoms with Crippen LogP contribution < -0.4 is 0 Å². The number of hydrogen-bond donors (Lipinski definition) is 1. The lowest BCUT2D eigenvalue weighted by Crippen LogP contribution is -2.43. The second kappa shape index (κ2) is 6.97. The van der Waals surface area contributed by atoms with Gasteiger partial charge in [0.1, 0.15) is 0 Å². The summed E-state index contributed by atoms with van der Waals surface area (Å²) in [6.45, 7) is 8.92. The molecule has 1 fully saturated rings. The molecule has 3 aliphatic rings. The van der Waals surface area contributed by atoms with Crippen LogP contribution in [0.5, 0.6) is 0 Å². The van der Waals surface area contributed by atoms with Gasteiger partial charge in [-0.1, -0.05) is 0 Å². The van der Waals surface area contributed by atoms with Crippen molar-refractivity contribution < 1.29 is 28.9 Å². The highest BCUT2D eigenvalue weighted by atomic mass is 32.1. The molecule has 2 aliphatic heterocycles. The van der Waals surface area contributed by atoms with Crippen molar-refractivity contribution in [2.24, 2.45) is 5.92 Å². The Morgan fingerprint density at radius 2 is 2.07 bits per heavy atom. The minimum Gasteiger partial charge on any atom is -0.458 e. The molecule has 156 valence electrons. The molecule has 4 rings (SSSR count). The van der Waals surface area contributed by atoms with Crippen LogP contribution in [-0.2, 0) is 30.2 Å². The average Bonchev–Trinajstić information content (AvgIpc) is 3.31. The molecule has 1 aliphatic carbocycles. The molecule has 0 aromatic carbocycles. The monoisotopic (exact) mass is 419 g/mol. The Kier molecular flexibility index (Phi) is 4.83. The summed E-state index contributed by atoms with van der Waals surface area (Å²) in [5.74, 6) is -0.901. The summed E-state index contributed by atoms with van der Waals surface area (Å²) in [7, 11) is 0. The number of hydrogen-bond acceptors (Lipinski definition) is 7. The molecular weight excluding hydrogens is 394 g/mol. The summed E-state index contributed by atoms with van der Waals surface area (Å²) < 4.78 is 16.6. The van der Waals surface area contributed by atoms with E-state index < -0.39 is 24.3 Å². The molecule has 8 heteroatoms. The minimum atomic E-state index is -1.38. The fraction of sp³-hybridized carbons (Fsp3) is 0.524. The topological polar surface area (TPSA) is 85.3 Å². The van der Waals surface area contributed by atoms with Gasteiger partial charge in [0.25, 0.3) is 12.2 Å². The highest BCUT2D eigenvalue weighted by Crippen LogP contribution is 2.52. The van der Waals surface area contributed by atoms with Crippen LogP contribution in [0.2, 0.25) is 0 Å². The molecule has 1 aromatic rings. The number of rotatable bonds is 4. The highest BCUT2D eigenvalue weighted by molar-refractivity contribution is 7.10. The molecule has 29 heavy (non-hydrogen) atoms. The standard InChI is InChI=1S/C21H25NO6S/c1-10-11(2)19(27-18(10)24)26-9-14-13-8-15-12(6-7-29-15)16(13)22(17(14)23)20(25)28-21(3,4)5/h6-7,9,13,16,19-20,25H,8H2,1-5H3/b14-9+. The number of likely N-dealkylation sites (tertiary alicyclic amines) is 1. The fourth-order valence-electron chi connectivity index (χ4n) is 3.99. The Labute approximate surface area is 173 Å². The van der Waals surface area contributed by atoms with Crippen LogP contribution in [0, 0.1) is 5.92 Å². The number of carbonyl (C=O) groups excluding carboxylic acids is 2. The number of thiophene rings is 1. The first kappa shape index (κ1) is 20.1. The van der Waals surface area contributed by atoms with Gasteiger partial charge in [0.15, 0.2) is 0 Å². The summed E-state index contributed by atoms with van der Waals surface area (Å²) in [5, 5.41) is 12.7. The summed E-state index contributed by atoms with van der Waals surface area (Å²) >= 11 is 1.64. The lowest BCUT2D eigenvalue weighted by molar-refractivity contribution is -0.240. The van der Waals surface area contributed by atoms with Gasteiger partial charge >= 0.3 is 5.97 Å². The number of aliphatic hydroxyl groups excluding tert-OH is 1. The first-order chi connectivity index (χ1) is 13.6. The third-order valence-electron chi connectivity index (χ3n) is 5.55. The zero-order chi connectivity index (χ0) is 21.1. The van der Waals surface area contributed by atoms with E-state index >= 15 is 0 Å². The molecule has 0 spiro atoms. The molecule has 1 saturated heterocycles. The molecule has 4 atom stereocenters. The highest BCUT2D eigenvalue weighted by Gasteiger charge is 2.53. The summed E-state index contributed by atoms with van der Waals surface area (Å²) in [4.78, 5) is 27.5. The van der Waals surface area contributed by atoms with Crippen LogP contribution in [0.25, 0.3) is 0 Å². The van der Waals surface area contributed by atoms with E-state index in [1.165, 1.54) is 16.0 Å². The number of aliphatic hydroxyl groups is 1. The Balaban J connectivity index is 1.63. The molecule has 0 radical (unpaired) electrons. The van der Waals surface area contributed by atoms with Crippen molar-refractivity contribution in [3.63, 3.8) is 0 Å². The van der Waals surface area contributed by atoms with Gasteiger partial charge in [0, 0.05) is 21.9 Å². The zero-order valence-electron chi connectivity index (χ0n) is 17.1. The van der Waals surface area contributed by atoms with Crippen LogP contribution in [0.15, 0.2) is 34.4 Å². The largest absolute Gasteiger partial charge is 0.458 e. The van der Waals surface area contributed by atoms with Gasteiger partial charge < -0.3 is 19.3 Å². The van der Waals surface area contributed by atoms with Crippen molar-refractivity contribution in [3.05, 3.63) is 44.9 Å². The number of fused-ring (bicyclic) bond motifs is 3. The van der Waals surface area contributed by atoms with Crippen molar-refractivity contribution in [2.45, 2.75) is 65.4 Å². The van der Waals surface area contributed by atoms with E-state index in [0.717, 1.165) is 5.56 Å². The van der Waals surface area contributed by atoms with E-state index in [1.807, 2.05) is 32.2 Å². The summed E-state index contributed by atoms with van der Waals surface area (Å²) in [6, 6.07) is 1.69. The van der Waals surface area contributed by atoms with E-state index in [0.29, 0.717) is 23.1 Å². The molecular formula is C21H25NO6S. The van der Waals surface area contributed by atoms with Crippen molar-refractivity contribution in [1.82, 2.24) is 4.90 Å². The van der Waals surface area contributed by atoms with Crippen molar-refractivity contribution in [1.29, 1.82) is 0 Å². The van der Waals surface area contributed by atoms with Gasteiger partial charge in [0.2, 0.25) is 6.41 Å². The molecule has 0 saturated carbocycles. The van der Waals surface area contributed by atoms with Crippen molar-refractivity contribution in [3.8, 4) is 0 Å². The number of esters is 1. The van der Waals surface area contributed by atoms with Crippen LogP contribution in [-0.4, -0.2) is 40.2 Å². The van der Waals surface area contributed by atoms with Gasteiger partial charge in [-0.25, -0.2) is 4.79 Å². The molecule has 4 unspecified atom stereocenters. The Bertz CT molecular complexity index is 924. The Morgan fingerprint density at radius 3 is 2.69 bits per heavy atom. The maximum absolute atomic E-state index is 13.2. The first-order valence-corrected chi connectivity index (χ1v) is 10.4. The van der Waals surface area contributed by atoms with Crippen LogP contribution in [0.4, 0.5) is 0 Å². The molecule has 1 aromatic heterocycles. The van der Waals surface area contributed by atoms with E-state index in [1.54, 1.807) is 25.2 Å². The number of carbonyl (C=O) groups is 2. The van der Waals surface area contributed by atoms with Crippen molar-refractivity contribution >= 4 is 23.2 Å². The number of ether oxygens (including phenoxy) is 3. The first-order valence-electron chi connectivity index (χ1n) is 9.57. The SMILES string of the molecule is CC1=C(C)C(O/C=C2/C(=O)N(C(O)OC(C)(C)C)C3c4ccsc4CC23)OC1=O. The lowest BCUT2D eigenvalue weighted by atomic mass is 9.97. The van der Waals surface area contributed by atoms with E-state index in [9.17, 15) is 14.7 Å². The smallest absolute Gasteiger partial charge is 0.337 e. The lowest BCUT2D eigenvalue weighted by Gasteiger charge is -2.33. The van der Waals surface area contributed by atoms with Gasteiger partial charge in [-0.15, -0.1) is 11.3 Å². The van der Waals surface area contributed by atoms with Crippen LogP contribution >= 0.6 is 11.3 Å². The number of amides is 1. The predicted molar refractivity (Wildman–Crippen MR) is 105 cm³/mol. The third-order valence-corrected chi connectivity index (χ3v) is 6.51. The second-order valence-corrected chi connectivity index (χ2v) is 9.58. The van der Waals surface area contributed by atoms with E-state index in [2.05, 4.69) is 0 Å². The fourth-order valence-corrected chi connectivity index (χ4v) is 4.97. The molecule has 7 nitrogen and oxygen atoms in total. The zero-order valence-corrected chi connectivity index (χ0v) is 17.9. The quantitative estimate of drug-likeness (QED) is 0.350. The van der Waals surface area contributed by atoms with E-state index in [4.69, 9.17) is 14.2 Å². The predicted octanol–water partition coefficient (Wildman–Crippen LogP) is 3.01. The number of cyclic esters (lactones) is 1. The van der Waals surface area contributed by atoms with E-state index in [-0.39, 0.29) is 17.9 Å². The van der Waals surface area contributed by atoms with Gasteiger partial charge in [0.05, 0.1) is 23.5 Å². The number of nitrogens with zero attached hydrogens (tertiary/aromatic N) is 1. The van der Waals surface area contributed by atoms with Crippen LogP contribution in [0.1, 0.15) is 51.1 Å². The average molecular weight is 419 g/mol. The van der Waals surface area contributed by atoms with Gasteiger partial charge in [-0.3, -0.25) is 9.69 Å². The summed E-state index contributed by atoms with van der Waals surface area (Å²) in [5.41, 5.74) is 2.07. The minimum absolute atomic E-state index is 0.148. The molecule has 0 bridgehead atoms.